The van der Waals surface area contributed by atoms with Gasteiger partial charge in [-0.1, -0.05) is 156 Å². The summed E-state index contributed by atoms with van der Waals surface area (Å²) in [5.74, 6) is 0. The second-order valence-corrected chi connectivity index (χ2v) is 23.5. The van der Waals surface area contributed by atoms with Gasteiger partial charge < -0.3 is 18.6 Å². The molecule has 7 nitrogen and oxygen atoms in total. The predicted molar refractivity (Wildman–Crippen MR) is 349 cm³/mol. The third kappa shape index (κ3) is 6.53. The molecule has 2 aliphatic rings. The minimum absolute atomic E-state index is 0.564. The van der Waals surface area contributed by atoms with Crippen LogP contribution in [0.15, 0.2) is 236 Å². The molecule has 1 aliphatic carbocycles. The van der Waals surface area contributed by atoms with Gasteiger partial charge >= 0.3 is 0 Å². The van der Waals surface area contributed by atoms with Crippen molar-refractivity contribution in [2.24, 2.45) is 0 Å². The number of fused-ring (bicyclic) bond motifs is 15. The zero-order valence-electron chi connectivity index (χ0n) is 47.3. The number of aryl methyl sites for hydroxylation is 3. The standard InChI is InChI=1S/C77H55N7/c1-46-31-34-67-58(40-46)53-21-7-12-27-64(53)81(67)72-61(45-78)73(84-70-30-15-10-24-57(70)62-43-49(4)37-38-77(62,84)5)75(83-66-29-14-9-23-55(66)60-42-48(3)33-36-69(60)83)71(74(72)82-65-28-13-8-22-54(65)59-41-47(2)32-35-68(59)82)50-18-16-19-51(44-50)80-63-26-11-6-20-52(63)56-25-17-39-79-76(56)80/h6-37,39-44H,38H2,1-5H3. The van der Waals surface area contributed by atoms with Crippen molar-refractivity contribution in [3.63, 3.8) is 0 Å². The van der Waals surface area contributed by atoms with E-state index in [1.54, 1.807) is 0 Å². The normalized spacial score (nSPS) is 15.1. The fourth-order valence-corrected chi connectivity index (χ4v) is 14.8. The molecule has 0 spiro atoms. The first-order chi connectivity index (χ1) is 41.2. The number of aromatic nitrogens is 5. The van der Waals surface area contributed by atoms with Crippen LogP contribution in [-0.2, 0) is 0 Å². The molecule has 0 saturated carbocycles. The lowest BCUT2D eigenvalue weighted by atomic mass is 9.81. The molecule has 15 aromatic rings. The Morgan fingerprint density at radius 1 is 0.440 bits per heavy atom. The lowest BCUT2D eigenvalue weighted by molar-refractivity contribution is 0.603. The summed E-state index contributed by atoms with van der Waals surface area (Å²) in [5.41, 5.74) is 22.7. The molecule has 0 bridgehead atoms. The number of para-hydroxylation sites is 5. The van der Waals surface area contributed by atoms with Gasteiger partial charge in [-0.2, -0.15) is 5.26 Å². The minimum atomic E-state index is -0.631. The second kappa shape index (κ2) is 17.7. The maximum atomic E-state index is 13.2. The van der Waals surface area contributed by atoms with Gasteiger partial charge in [0.15, 0.2) is 0 Å². The highest BCUT2D eigenvalue weighted by Gasteiger charge is 2.49. The minimum Gasteiger partial charge on any atom is -0.328 e. The Morgan fingerprint density at radius 2 is 0.917 bits per heavy atom. The number of anilines is 2. The van der Waals surface area contributed by atoms with Gasteiger partial charge in [0.1, 0.15) is 17.3 Å². The molecule has 0 N–H and O–H groups in total. The van der Waals surface area contributed by atoms with E-state index in [4.69, 9.17) is 4.98 Å². The number of nitrogens with zero attached hydrogens (tertiary/aromatic N) is 7. The zero-order chi connectivity index (χ0) is 56.3. The van der Waals surface area contributed by atoms with E-state index in [1.807, 2.05) is 12.3 Å². The molecule has 6 heterocycles. The van der Waals surface area contributed by atoms with Crippen molar-refractivity contribution >= 4 is 104 Å². The monoisotopic (exact) mass is 1080 g/mol. The summed E-state index contributed by atoms with van der Waals surface area (Å²) >= 11 is 0. The molecule has 0 radical (unpaired) electrons. The van der Waals surface area contributed by atoms with E-state index in [1.165, 1.54) is 33.4 Å². The van der Waals surface area contributed by atoms with Crippen LogP contribution in [0.1, 0.15) is 48.1 Å². The number of hydrogen-bond donors (Lipinski definition) is 0. The maximum absolute atomic E-state index is 13.2. The summed E-state index contributed by atoms with van der Waals surface area (Å²) in [6.07, 6.45) is 7.38. The topological polar surface area (TPSA) is 59.6 Å². The van der Waals surface area contributed by atoms with Gasteiger partial charge in [-0.3, -0.25) is 4.57 Å². The fourth-order valence-electron chi connectivity index (χ4n) is 14.8. The van der Waals surface area contributed by atoms with E-state index in [9.17, 15) is 5.26 Å². The van der Waals surface area contributed by atoms with Crippen molar-refractivity contribution in [3.05, 3.63) is 264 Å². The largest absolute Gasteiger partial charge is 0.328 e. The summed E-state index contributed by atoms with van der Waals surface area (Å²) < 4.78 is 9.78. The Morgan fingerprint density at radius 3 is 1.49 bits per heavy atom. The molecule has 1 atom stereocenters. The van der Waals surface area contributed by atoms with Crippen molar-refractivity contribution in [3.8, 4) is 39.9 Å². The molecule has 0 saturated heterocycles. The van der Waals surface area contributed by atoms with E-state index in [0.29, 0.717) is 5.56 Å². The molecule has 0 fully saturated rings. The Bertz CT molecular complexity index is 5460. The Labute approximate surface area is 485 Å². The molecular weight excluding hydrogens is 1020 g/mol. The predicted octanol–water partition coefficient (Wildman–Crippen LogP) is 19.6. The Balaban J connectivity index is 1.19. The van der Waals surface area contributed by atoms with Crippen molar-refractivity contribution in [1.82, 2.24) is 23.3 Å². The van der Waals surface area contributed by atoms with Gasteiger partial charge in [-0.15, -0.1) is 0 Å². The van der Waals surface area contributed by atoms with Gasteiger partial charge in [0.25, 0.3) is 0 Å². The van der Waals surface area contributed by atoms with Crippen molar-refractivity contribution < 1.29 is 0 Å². The Kier molecular flexibility index (Phi) is 10.1. The molecule has 10 aromatic carbocycles. The lowest BCUT2D eigenvalue weighted by Crippen LogP contribution is -2.42. The van der Waals surface area contributed by atoms with Gasteiger partial charge in [0, 0.05) is 71.8 Å². The molecule has 1 aliphatic heterocycles. The maximum Gasteiger partial charge on any atom is 0.145 e. The Hall–Kier alpha value is -10.7. The van der Waals surface area contributed by atoms with E-state index in [0.717, 1.165) is 139 Å². The van der Waals surface area contributed by atoms with E-state index in [-0.39, 0.29) is 0 Å². The van der Waals surface area contributed by atoms with Crippen molar-refractivity contribution in [2.75, 3.05) is 4.90 Å². The number of nitriles is 1. The average Bonchev–Trinajstić information content (AvgIpc) is 1.46. The molecule has 0 amide bonds. The zero-order valence-corrected chi connectivity index (χ0v) is 47.3. The molecular formula is C77H55N7. The highest BCUT2D eigenvalue weighted by atomic mass is 15.3. The summed E-state index contributed by atoms with van der Waals surface area (Å²) in [7, 11) is 0. The molecule has 84 heavy (non-hydrogen) atoms. The van der Waals surface area contributed by atoms with E-state index >= 15 is 0 Å². The molecule has 5 aromatic heterocycles. The fraction of sp³-hybridized carbons (Fsp3) is 0.0909. The molecule has 1 unspecified atom stereocenters. The number of hydrogen-bond acceptors (Lipinski definition) is 3. The summed E-state index contributed by atoms with van der Waals surface area (Å²) in [4.78, 5) is 7.71. The van der Waals surface area contributed by atoms with Crippen molar-refractivity contribution in [2.45, 2.75) is 46.6 Å². The number of benzene rings is 10. The third-order valence-electron chi connectivity index (χ3n) is 18.4. The third-order valence-corrected chi connectivity index (χ3v) is 18.4. The van der Waals surface area contributed by atoms with Gasteiger partial charge in [0.05, 0.1) is 66.9 Å². The summed E-state index contributed by atoms with van der Waals surface area (Å²) in [5, 5.41) is 22.2. The SMILES string of the molecule is CC1=CCC2(C)C(=C1)c1ccccc1N2c1c(C#N)c(-n2c3ccccc3c3cc(C)ccc32)c(-n2c3ccccc3c3cc(C)ccc32)c(-c2cccc(-n3c4ccccc4c4cccnc43)c2)c1-n1c2ccccc2c2cc(C)ccc21. The first-order valence-corrected chi connectivity index (χ1v) is 29.1. The van der Waals surface area contributed by atoms with Crippen LogP contribution in [0, 0.1) is 32.1 Å². The van der Waals surface area contributed by atoms with Gasteiger partial charge in [-0.25, -0.2) is 4.98 Å². The smallest absolute Gasteiger partial charge is 0.145 e. The van der Waals surface area contributed by atoms with Gasteiger partial charge in [0.2, 0.25) is 0 Å². The molecule has 398 valence electrons. The van der Waals surface area contributed by atoms with Crippen LogP contribution in [0.4, 0.5) is 11.4 Å². The second-order valence-electron chi connectivity index (χ2n) is 23.5. The summed E-state index contributed by atoms with van der Waals surface area (Å²) in [6.45, 7) is 11.1. The molecule has 7 heteroatoms. The highest BCUT2D eigenvalue weighted by Crippen LogP contribution is 2.60. The van der Waals surface area contributed by atoms with Crippen LogP contribution in [0.3, 0.4) is 0 Å². The first-order valence-electron chi connectivity index (χ1n) is 29.1. The summed E-state index contributed by atoms with van der Waals surface area (Å²) in [6, 6.07) is 81.0. The van der Waals surface area contributed by atoms with Crippen molar-refractivity contribution in [1.29, 1.82) is 5.26 Å². The highest BCUT2D eigenvalue weighted by molar-refractivity contribution is 6.17. The van der Waals surface area contributed by atoms with E-state index in [2.05, 4.69) is 282 Å². The van der Waals surface area contributed by atoms with Crippen LogP contribution >= 0.6 is 0 Å². The van der Waals surface area contributed by atoms with Crippen LogP contribution in [0.5, 0.6) is 0 Å². The first kappa shape index (κ1) is 48.1. The number of rotatable bonds is 6. The van der Waals surface area contributed by atoms with Crippen LogP contribution in [-0.4, -0.2) is 28.8 Å². The number of pyridine rings is 1. The van der Waals surface area contributed by atoms with Crippen LogP contribution < -0.4 is 4.90 Å². The molecule has 17 rings (SSSR count). The van der Waals surface area contributed by atoms with Gasteiger partial charge in [-0.05, 0) is 143 Å². The quantitative estimate of drug-likeness (QED) is 0.167. The lowest BCUT2D eigenvalue weighted by Gasteiger charge is -2.42. The van der Waals surface area contributed by atoms with Crippen LogP contribution in [0.2, 0.25) is 0 Å². The average molecular weight is 1080 g/mol. The van der Waals surface area contributed by atoms with Crippen LogP contribution in [0.25, 0.3) is 127 Å². The number of allylic oxidation sites excluding steroid dienone is 2. The van der Waals surface area contributed by atoms with E-state index < -0.39 is 5.54 Å².